The van der Waals surface area contributed by atoms with Crippen molar-refractivity contribution in [1.82, 2.24) is 9.99 Å². The summed E-state index contributed by atoms with van der Waals surface area (Å²) in [6.45, 7) is 8.30. The molecule has 1 heterocycles. The van der Waals surface area contributed by atoms with E-state index in [0.29, 0.717) is 11.1 Å². The number of hydrogen-bond donors (Lipinski definition) is 2. The number of hydrazone groups is 1. The van der Waals surface area contributed by atoms with E-state index in [1.165, 1.54) is 11.1 Å². The molecule has 34 heavy (non-hydrogen) atoms. The van der Waals surface area contributed by atoms with Crippen molar-refractivity contribution in [3.63, 3.8) is 0 Å². The third kappa shape index (κ3) is 4.18. The zero-order chi connectivity index (χ0) is 24.3. The molecule has 1 amide bonds. The molecule has 0 saturated heterocycles. The summed E-state index contributed by atoms with van der Waals surface area (Å²) in [5, 5.41) is 15.7. The standard InChI is InChI=1S/C29H29N3O2/c1-20-12-11-17-27(22(20)3)32-21(2)18-24(23(32)4)19-30-31-28(33)29(34,25-13-7-5-8-14-25)26-15-9-6-10-16-26/h5-19,34H,1-4H3,(H,31,33). The van der Waals surface area contributed by atoms with Crippen molar-refractivity contribution in [3.05, 3.63) is 124 Å². The molecule has 0 saturated carbocycles. The average Bonchev–Trinajstić information content (AvgIpc) is 3.14. The second-order valence-electron chi connectivity index (χ2n) is 8.52. The van der Waals surface area contributed by atoms with E-state index in [4.69, 9.17) is 0 Å². The van der Waals surface area contributed by atoms with Crippen LogP contribution in [0.4, 0.5) is 0 Å². The van der Waals surface area contributed by atoms with Crippen molar-refractivity contribution >= 4 is 12.1 Å². The maximum absolute atomic E-state index is 13.2. The van der Waals surface area contributed by atoms with Crippen LogP contribution in [0.25, 0.3) is 5.69 Å². The van der Waals surface area contributed by atoms with Gasteiger partial charge < -0.3 is 9.67 Å². The largest absolute Gasteiger partial charge is 0.372 e. The van der Waals surface area contributed by atoms with E-state index in [-0.39, 0.29) is 0 Å². The normalized spacial score (nSPS) is 11.7. The van der Waals surface area contributed by atoms with Crippen LogP contribution < -0.4 is 5.43 Å². The summed E-state index contributed by atoms with van der Waals surface area (Å²) in [6.07, 6.45) is 1.62. The first kappa shape index (κ1) is 23.2. The van der Waals surface area contributed by atoms with Crippen LogP contribution in [0, 0.1) is 27.7 Å². The topological polar surface area (TPSA) is 66.6 Å². The molecule has 4 aromatic rings. The fraction of sp³-hybridized carbons (Fsp3) is 0.172. The molecule has 0 atom stereocenters. The predicted octanol–water partition coefficient (Wildman–Crippen LogP) is 5.10. The molecule has 0 aliphatic heterocycles. The van der Waals surface area contributed by atoms with Crippen LogP contribution in [0.15, 0.2) is 90.0 Å². The predicted molar refractivity (Wildman–Crippen MR) is 136 cm³/mol. The van der Waals surface area contributed by atoms with Gasteiger partial charge in [0.2, 0.25) is 0 Å². The van der Waals surface area contributed by atoms with Crippen LogP contribution in [-0.2, 0) is 10.4 Å². The number of benzene rings is 3. The summed E-state index contributed by atoms with van der Waals surface area (Å²) in [6, 6.07) is 26.1. The number of carbonyl (C=O) groups excluding carboxylic acids is 1. The Bertz CT molecular complexity index is 1300. The van der Waals surface area contributed by atoms with Crippen molar-refractivity contribution < 1.29 is 9.90 Å². The van der Waals surface area contributed by atoms with Gasteiger partial charge in [0.05, 0.1) is 6.21 Å². The third-order valence-electron chi connectivity index (χ3n) is 6.37. The van der Waals surface area contributed by atoms with Crippen molar-refractivity contribution in [2.75, 3.05) is 0 Å². The second-order valence-corrected chi connectivity index (χ2v) is 8.52. The third-order valence-corrected chi connectivity index (χ3v) is 6.37. The lowest BCUT2D eigenvalue weighted by atomic mass is 9.85. The van der Waals surface area contributed by atoms with Gasteiger partial charge in [0.15, 0.2) is 5.60 Å². The molecule has 0 aliphatic carbocycles. The lowest BCUT2D eigenvalue weighted by Crippen LogP contribution is -2.43. The second kappa shape index (κ2) is 9.49. The number of aromatic nitrogens is 1. The molecule has 5 nitrogen and oxygen atoms in total. The molecule has 0 aliphatic rings. The highest BCUT2D eigenvalue weighted by Gasteiger charge is 2.39. The van der Waals surface area contributed by atoms with Gasteiger partial charge >= 0.3 is 0 Å². The molecule has 172 valence electrons. The number of carbonyl (C=O) groups is 1. The molecule has 0 spiro atoms. The SMILES string of the molecule is Cc1cccc(-n2c(C)cc(C=NNC(=O)C(O)(c3ccccc3)c3ccccc3)c2C)c1C. The summed E-state index contributed by atoms with van der Waals surface area (Å²) in [7, 11) is 0. The zero-order valence-electron chi connectivity index (χ0n) is 19.9. The van der Waals surface area contributed by atoms with Gasteiger partial charge in [-0.15, -0.1) is 0 Å². The van der Waals surface area contributed by atoms with Gasteiger partial charge in [-0.1, -0.05) is 72.8 Å². The molecule has 2 N–H and O–H groups in total. The molecule has 0 radical (unpaired) electrons. The summed E-state index contributed by atoms with van der Waals surface area (Å²) in [5.74, 6) is -0.621. The number of nitrogens with zero attached hydrogens (tertiary/aromatic N) is 2. The summed E-state index contributed by atoms with van der Waals surface area (Å²) in [5.41, 5.74) is 8.20. The van der Waals surface area contributed by atoms with Gasteiger partial charge in [-0.3, -0.25) is 4.79 Å². The van der Waals surface area contributed by atoms with Crippen LogP contribution >= 0.6 is 0 Å². The van der Waals surface area contributed by atoms with Gasteiger partial charge in [0.25, 0.3) is 5.91 Å². The van der Waals surface area contributed by atoms with Crippen molar-refractivity contribution in [1.29, 1.82) is 0 Å². The van der Waals surface area contributed by atoms with E-state index < -0.39 is 11.5 Å². The Kier molecular flexibility index (Phi) is 6.48. The molecular formula is C29H29N3O2. The fourth-order valence-corrected chi connectivity index (χ4v) is 4.30. The van der Waals surface area contributed by atoms with Crippen molar-refractivity contribution in [2.45, 2.75) is 33.3 Å². The Labute approximate surface area is 200 Å². The molecule has 0 fully saturated rings. The average molecular weight is 452 g/mol. The molecule has 0 bridgehead atoms. The van der Waals surface area contributed by atoms with E-state index in [0.717, 1.165) is 22.6 Å². The van der Waals surface area contributed by atoms with Crippen LogP contribution in [0.3, 0.4) is 0 Å². The minimum atomic E-state index is -1.87. The molecule has 3 aromatic carbocycles. The quantitative estimate of drug-likeness (QED) is 0.316. The fourth-order valence-electron chi connectivity index (χ4n) is 4.30. The van der Waals surface area contributed by atoms with E-state index in [1.54, 1.807) is 54.7 Å². The Morgan fingerprint density at radius 3 is 2.06 bits per heavy atom. The molecule has 0 unspecified atom stereocenters. The highest BCUT2D eigenvalue weighted by Crippen LogP contribution is 2.30. The number of amides is 1. The summed E-state index contributed by atoms with van der Waals surface area (Å²) >= 11 is 0. The van der Waals surface area contributed by atoms with Crippen molar-refractivity contribution in [2.24, 2.45) is 5.10 Å². The van der Waals surface area contributed by atoms with Gasteiger partial charge in [-0.25, -0.2) is 5.43 Å². The van der Waals surface area contributed by atoms with Crippen LogP contribution in [0.2, 0.25) is 0 Å². The highest BCUT2D eigenvalue weighted by atomic mass is 16.3. The van der Waals surface area contributed by atoms with Crippen molar-refractivity contribution in [3.8, 4) is 5.69 Å². The Hall–Kier alpha value is -3.96. The number of rotatable bonds is 6. The molecule has 4 rings (SSSR count). The number of nitrogens with one attached hydrogen (secondary N) is 1. The Morgan fingerprint density at radius 2 is 1.47 bits per heavy atom. The Morgan fingerprint density at radius 1 is 0.882 bits per heavy atom. The maximum atomic E-state index is 13.2. The maximum Gasteiger partial charge on any atom is 0.281 e. The number of aryl methyl sites for hydroxylation is 2. The molecular weight excluding hydrogens is 422 g/mol. The first-order valence-corrected chi connectivity index (χ1v) is 11.3. The summed E-state index contributed by atoms with van der Waals surface area (Å²) in [4.78, 5) is 13.2. The summed E-state index contributed by atoms with van der Waals surface area (Å²) < 4.78 is 2.19. The Balaban J connectivity index is 1.63. The van der Waals surface area contributed by atoms with Crippen LogP contribution in [0.5, 0.6) is 0 Å². The highest BCUT2D eigenvalue weighted by molar-refractivity contribution is 5.91. The smallest absolute Gasteiger partial charge is 0.281 e. The lowest BCUT2D eigenvalue weighted by Gasteiger charge is -2.27. The number of hydrogen-bond acceptors (Lipinski definition) is 3. The first-order chi connectivity index (χ1) is 16.3. The number of aliphatic hydroxyl groups is 1. The van der Waals surface area contributed by atoms with Gasteiger partial charge in [0.1, 0.15) is 0 Å². The van der Waals surface area contributed by atoms with Crippen LogP contribution in [0.1, 0.15) is 39.2 Å². The molecule has 1 aromatic heterocycles. The lowest BCUT2D eigenvalue weighted by molar-refractivity contribution is -0.136. The molecule has 5 heteroatoms. The van der Waals surface area contributed by atoms with Gasteiger partial charge in [-0.05, 0) is 62.1 Å². The minimum absolute atomic E-state index is 0.474. The zero-order valence-corrected chi connectivity index (χ0v) is 19.9. The first-order valence-electron chi connectivity index (χ1n) is 11.3. The van der Waals surface area contributed by atoms with Crippen LogP contribution in [-0.4, -0.2) is 21.8 Å². The van der Waals surface area contributed by atoms with Gasteiger partial charge in [0, 0.05) is 22.6 Å². The monoisotopic (exact) mass is 451 g/mol. The van der Waals surface area contributed by atoms with E-state index in [2.05, 4.69) is 47.1 Å². The van der Waals surface area contributed by atoms with E-state index >= 15 is 0 Å². The van der Waals surface area contributed by atoms with Gasteiger partial charge in [-0.2, -0.15) is 5.10 Å². The van der Waals surface area contributed by atoms with E-state index in [9.17, 15) is 9.90 Å². The van der Waals surface area contributed by atoms with E-state index in [1.807, 2.05) is 32.0 Å². The minimum Gasteiger partial charge on any atom is -0.372 e.